The number of carbonyl (C=O) groups excluding carboxylic acids is 1. The van der Waals surface area contributed by atoms with E-state index in [0.29, 0.717) is 27.1 Å². The van der Waals surface area contributed by atoms with Crippen molar-refractivity contribution >= 4 is 21.9 Å². The minimum Gasteiger partial charge on any atom is -0.486 e. The molecule has 0 aliphatic rings. The molecule has 126 valence electrons. The number of benzene rings is 2. The van der Waals surface area contributed by atoms with Gasteiger partial charge < -0.3 is 14.2 Å². The van der Waals surface area contributed by atoms with Crippen molar-refractivity contribution in [2.75, 3.05) is 13.7 Å². The highest BCUT2D eigenvalue weighted by molar-refractivity contribution is 9.10. The number of esters is 1. The van der Waals surface area contributed by atoms with E-state index in [9.17, 15) is 9.18 Å². The Morgan fingerprint density at radius 2 is 2.00 bits per heavy atom. The zero-order valence-electron chi connectivity index (χ0n) is 13.1. The van der Waals surface area contributed by atoms with Crippen LogP contribution in [0.2, 0.25) is 0 Å². The van der Waals surface area contributed by atoms with Crippen LogP contribution >= 0.6 is 15.9 Å². The first-order chi connectivity index (χ1) is 11.5. The molecule has 2 aromatic rings. The summed E-state index contributed by atoms with van der Waals surface area (Å²) >= 11 is 3.20. The molecule has 0 atom stereocenters. The molecular formula is C18H16BrFO4. The quantitative estimate of drug-likeness (QED) is 0.511. The molecule has 0 fully saturated rings. The van der Waals surface area contributed by atoms with Crippen LogP contribution in [0.5, 0.6) is 11.5 Å². The predicted octanol–water partition coefficient (Wildman–Crippen LogP) is 4.52. The fraction of sp³-hybridized carbons (Fsp3) is 0.167. The van der Waals surface area contributed by atoms with E-state index < -0.39 is 5.97 Å². The Morgan fingerprint density at radius 3 is 2.67 bits per heavy atom. The number of methoxy groups -OCH3 is 1. The molecule has 0 radical (unpaired) electrons. The Balaban J connectivity index is 2.24. The van der Waals surface area contributed by atoms with Gasteiger partial charge in [0.15, 0.2) is 11.5 Å². The molecule has 0 heterocycles. The third-order valence-electron chi connectivity index (χ3n) is 3.12. The van der Waals surface area contributed by atoms with Gasteiger partial charge in [0.1, 0.15) is 19.0 Å². The number of hydrogen-bond donors (Lipinski definition) is 0. The van der Waals surface area contributed by atoms with Gasteiger partial charge in [0.05, 0.1) is 12.7 Å². The summed E-state index contributed by atoms with van der Waals surface area (Å²) in [4.78, 5) is 11.7. The maximum atomic E-state index is 13.9. The summed E-state index contributed by atoms with van der Waals surface area (Å²) < 4.78 is 30.4. The molecule has 24 heavy (non-hydrogen) atoms. The van der Waals surface area contributed by atoms with E-state index in [1.54, 1.807) is 30.3 Å². The van der Waals surface area contributed by atoms with Gasteiger partial charge >= 0.3 is 5.97 Å². The number of carbonyl (C=O) groups is 1. The van der Waals surface area contributed by atoms with Crippen LogP contribution in [0.25, 0.3) is 0 Å². The summed E-state index contributed by atoms with van der Waals surface area (Å²) in [7, 11) is 1.29. The third-order valence-corrected chi connectivity index (χ3v) is 3.61. The van der Waals surface area contributed by atoms with Gasteiger partial charge in [-0.25, -0.2) is 9.18 Å². The van der Waals surface area contributed by atoms with Gasteiger partial charge in [-0.1, -0.05) is 34.7 Å². The number of rotatable bonds is 7. The Bertz CT molecular complexity index is 746. The van der Waals surface area contributed by atoms with Crippen LogP contribution in [0.1, 0.15) is 15.9 Å². The van der Waals surface area contributed by atoms with Crippen LogP contribution in [0, 0.1) is 5.82 Å². The number of hydrogen-bond acceptors (Lipinski definition) is 4. The molecule has 0 N–H and O–H groups in total. The highest BCUT2D eigenvalue weighted by atomic mass is 79.9. The molecule has 0 saturated heterocycles. The second kappa shape index (κ2) is 8.49. The SMILES string of the molecule is C=CCOc1ccc(C(=O)OC)cc1OCc1ccc(Br)cc1F. The lowest BCUT2D eigenvalue weighted by molar-refractivity contribution is 0.0600. The largest absolute Gasteiger partial charge is 0.486 e. The van der Waals surface area contributed by atoms with E-state index in [2.05, 4.69) is 22.5 Å². The van der Waals surface area contributed by atoms with Gasteiger partial charge in [-0.15, -0.1) is 0 Å². The fourth-order valence-electron chi connectivity index (χ4n) is 1.93. The smallest absolute Gasteiger partial charge is 0.337 e. The first-order valence-electron chi connectivity index (χ1n) is 7.08. The highest BCUT2D eigenvalue weighted by Crippen LogP contribution is 2.30. The van der Waals surface area contributed by atoms with Gasteiger partial charge in [0.25, 0.3) is 0 Å². The molecule has 2 rings (SSSR count). The van der Waals surface area contributed by atoms with Gasteiger partial charge in [-0.05, 0) is 30.3 Å². The third kappa shape index (κ3) is 4.58. The topological polar surface area (TPSA) is 44.8 Å². The monoisotopic (exact) mass is 394 g/mol. The van der Waals surface area contributed by atoms with E-state index in [0.717, 1.165) is 0 Å². The molecule has 0 bridgehead atoms. The number of ether oxygens (including phenoxy) is 3. The lowest BCUT2D eigenvalue weighted by Gasteiger charge is -2.13. The zero-order chi connectivity index (χ0) is 17.5. The summed E-state index contributed by atoms with van der Waals surface area (Å²) in [5, 5.41) is 0. The molecule has 4 nitrogen and oxygen atoms in total. The Kier molecular flexibility index (Phi) is 6.37. The van der Waals surface area contributed by atoms with Crippen molar-refractivity contribution in [3.05, 3.63) is 70.5 Å². The minimum atomic E-state index is -0.495. The van der Waals surface area contributed by atoms with E-state index in [1.165, 1.54) is 19.2 Å². The Morgan fingerprint density at radius 1 is 1.21 bits per heavy atom. The van der Waals surface area contributed by atoms with E-state index in [-0.39, 0.29) is 19.0 Å². The molecule has 0 unspecified atom stereocenters. The summed E-state index contributed by atoms with van der Waals surface area (Å²) in [6.45, 7) is 3.86. The highest BCUT2D eigenvalue weighted by Gasteiger charge is 2.13. The minimum absolute atomic E-state index is 0.00577. The predicted molar refractivity (Wildman–Crippen MR) is 91.9 cm³/mol. The van der Waals surface area contributed by atoms with Crippen LogP contribution in [-0.2, 0) is 11.3 Å². The molecule has 0 aliphatic carbocycles. The van der Waals surface area contributed by atoms with E-state index in [1.807, 2.05) is 0 Å². The maximum absolute atomic E-state index is 13.9. The molecule has 0 spiro atoms. The normalized spacial score (nSPS) is 10.1. The Hall–Kier alpha value is -2.34. The second-order valence-corrected chi connectivity index (χ2v) is 5.69. The van der Waals surface area contributed by atoms with Crippen molar-refractivity contribution < 1.29 is 23.4 Å². The molecule has 6 heteroatoms. The molecule has 0 aliphatic heterocycles. The Labute approximate surface area is 148 Å². The van der Waals surface area contributed by atoms with Gasteiger partial charge in [0.2, 0.25) is 0 Å². The molecular weight excluding hydrogens is 379 g/mol. The van der Waals surface area contributed by atoms with Crippen molar-refractivity contribution in [2.24, 2.45) is 0 Å². The van der Waals surface area contributed by atoms with Crippen molar-refractivity contribution in [3.8, 4) is 11.5 Å². The van der Waals surface area contributed by atoms with Crippen molar-refractivity contribution in [2.45, 2.75) is 6.61 Å². The molecule has 0 amide bonds. The average Bonchev–Trinajstić information content (AvgIpc) is 2.58. The molecule has 2 aromatic carbocycles. The van der Waals surface area contributed by atoms with Gasteiger partial charge in [0, 0.05) is 10.0 Å². The summed E-state index contributed by atoms with van der Waals surface area (Å²) in [6.07, 6.45) is 1.59. The van der Waals surface area contributed by atoms with Crippen molar-refractivity contribution in [1.29, 1.82) is 0 Å². The van der Waals surface area contributed by atoms with Crippen molar-refractivity contribution in [3.63, 3.8) is 0 Å². The lowest BCUT2D eigenvalue weighted by Crippen LogP contribution is -2.05. The van der Waals surface area contributed by atoms with Gasteiger partial charge in [-0.3, -0.25) is 0 Å². The fourth-order valence-corrected chi connectivity index (χ4v) is 2.26. The second-order valence-electron chi connectivity index (χ2n) is 4.78. The van der Waals surface area contributed by atoms with Crippen LogP contribution < -0.4 is 9.47 Å². The summed E-state index contributed by atoms with van der Waals surface area (Å²) in [5.74, 6) is -0.130. The summed E-state index contributed by atoms with van der Waals surface area (Å²) in [6, 6.07) is 9.37. The molecule has 0 saturated carbocycles. The lowest BCUT2D eigenvalue weighted by atomic mass is 10.2. The first kappa shape index (κ1) is 18.0. The average molecular weight is 395 g/mol. The van der Waals surface area contributed by atoms with Crippen LogP contribution in [0.4, 0.5) is 4.39 Å². The van der Waals surface area contributed by atoms with Crippen LogP contribution in [0.3, 0.4) is 0 Å². The number of halogens is 2. The van der Waals surface area contributed by atoms with Crippen LogP contribution in [0.15, 0.2) is 53.5 Å². The maximum Gasteiger partial charge on any atom is 0.337 e. The standard InChI is InChI=1S/C18H16BrFO4/c1-3-8-23-16-7-5-12(18(21)22-2)9-17(16)24-11-13-4-6-14(19)10-15(13)20/h3-7,9-10H,1,8,11H2,2H3. The summed E-state index contributed by atoms with van der Waals surface area (Å²) in [5.41, 5.74) is 0.700. The van der Waals surface area contributed by atoms with Gasteiger partial charge in [-0.2, -0.15) is 0 Å². The first-order valence-corrected chi connectivity index (χ1v) is 7.87. The van der Waals surface area contributed by atoms with Crippen LogP contribution in [-0.4, -0.2) is 19.7 Å². The van der Waals surface area contributed by atoms with Crippen molar-refractivity contribution in [1.82, 2.24) is 0 Å². The zero-order valence-corrected chi connectivity index (χ0v) is 14.6. The molecule has 0 aromatic heterocycles. The van der Waals surface area contributed by atoms with E-state index in [4.69, 9.17) is 14.2 Å². The van der Waals surface area contributed by atoms with E-state index >= 15 is 0 Å².